The van der Waals surface area contributed by atoms with Gasteiger partial charge in [0.2, 0.25) is 0 Å². The molecule has 0 atom stereocenters. The van der Waals surface area contributed by atoms with Gasteiger partial charge in [0.25, 0.3) is 0 Å². The fourth-order valence-corrected chi connectivity index (χ4v) is 1.34. The molecule has 0 amide bonds. The van der Waals surface area contributed by atoms with Crippen LogP contribution < -0.4 is 5.32 Å². The van der Waals surface area contributed by atoms with Crippen LogP contribution in [-0.4, -0.2) is 24.6 Å². The summed E-state index contributed by atoms with van der Waals surface area (Å²) in [6.07, 6.45) is 2.66. The third-order valence-electron chi connectivity index (χ3n) is 2.36. The number of hydrogen-bond donors (Lipinski definition) is 1. The smallest absolute Gasteiger partial charge is 0.356 e. The SMILES string of the molecule is COC(=O)c1cc(NCCC(C)(C)C)ccn1. The molecule has 1 rings (SSSR count). The van der Waals surface area contributed by atoms with E-state index in [1.54, 1.807) is 12.3 Å². The molecule has 0 aliphatic carbocycles. The molecule has 0 saturated carbocycles. The molecular formula is C13H20N2O2. The number of rotatable bonds is 4. The Morgan fingerprint density at radius 2 is 2.18 bits per heavy atom. The van der Waals surface area contributed by atoms with Crippen molar-refractivity contribution in [3.8, 4) is 0 Å². The highest BCUT2D eigenvalue weighted by atomic mass is 16.5. The summed E-state index contributed by atoms with van der Waals surface area (Å²) in [5.74, 6) is -0.413. The minimum absolute atomic E-state index is 0.297. The largest absolute Gasteiger partial charge is 0.464 e. The first kappa shape index (κ1) is 13.5. The highest BCUT2D eigenvalue weighted by Crippen LogP contribution is 2.18. The molecule has 1 aromatic rings. The summed E-state index contributed by atoms with van der Waals surface area (Å²) in [5, 5.41) is 3.27. The van der Waals surface area contributed by atoms with Crippen LogP contribution in [0.1, 0.15) is 37.7 Å². The number of esters is 1. The summed E-state index contributed by atoms with van der Waals surface area (Å²) < 4.78 is 4.62. The molecule has 0 aromatic carbocycles. The Bertz CT molecular complexity index is 383. The molecule has 0 fully saturated rings. The zero-order valence-corrected chi connectivity index (χ0v) is 10.9. The van der Waals surface area contributed by atoms with Crippen LogP contribution in [0.2, 0.25) is 0 Å². The van der Waals surface area contributed by atoms with E-state index in [2.05, 4.69) is 35.8 Å². The molecule has 0 saturated heterocycles. The molecular weight excluding hydrogens is 216 g/mol. The average Bonchev–Trinajstić information content (AvgIpc) is 2.27. The molecule has 1 heterocycles. The molecule has 0 spiro atoms. The number of ether oxygens (including phenoxy) is 1. The maximum Gasteiger partial charge on any atom is 0.356 e. The zero-order valence-electron chi connectivity index (χ0n) is 10.9. The third-order valence-corrected chi connectivity index (χ3v) is 2.36. The molecule has 1 aromatic heterocycles. The molecule has 94 valence electrons. The van der Waals surface area contributed by atoms with E-state index in [1.165, 1.54) is 7.11 Å². The lowest BCUT2D eigenvalue weighted by atomic mass is 9.92. The topological polar surface area (TPSA) is 51.2 Å². The van der Waals surface area contributed by atoms with E-state index >= 15 is 0 Å². The Hall–Kier alpha value is -1.58. The van der Waals surface area contributed by atoms with Gasteiger partial charge in [0.15, 0.2) is 0 Å². The molecule has 1 N–H and O–H groups in total. The number of nitrogens with zero attached hydrogens (tertiary/aromatic N) is 1. The Morgan fingerprint density at radius 1 is 1.47 bits per heavy atom. The van der Waals surface area contributed by atoms with E-state index < -0.39 is 5.97 Å². The van der Waals surface area contributed by atoms with Crippen LogP contribution in [0.4, 0.5) is 5.69 Å². The number of hydrogen-bond acceptors (Lipinski definition) is 4. The fourth-order valence-electron chi connectivity index (χ4n) is 1.34. The first-order valence-electron chi connectivity index (χ1n) is 5.70. The predicted molar refractivity (Wildman–Crippen MR) is 68.1 cm³/mol. The number of carbonyl (C=O) groups excluding carboxylic acids is 1. The van der Waals surface area contributed by atoms with Crippen LogP contribution >= 0.6 is 0 Å². The Kier molecular flexibility index (Phi) is 4.49. The molecule has 4 heteroatoms. The van der Waals surface area contributed by atoms with Gasteiger partial charge in [-0.3, -0.25) is 0 Å². The summed E-state index contributed by atoms with van der Waals surface area (Å²) in [5.41, 5.74) is 1.52. The van der Waals surface area contributed by atoms with Gasteiger partial charge in [-0.2, -0.15) is 0 Å². The van der Waals surface area contributed by atoms with Crippen molar-refractivity contribution >= 4 is 11.7 Å². The lowest BCUT2D eigenvalue weighted by Gasteiger charge is -2.18. The number of carbonyl (C=O) groups is 1. The summed E-state index contributed by atoms with van der Waals surface area (Å²) in [7, 11) is 1.35. The standard InChI is InChI=1S/C13H20N2O2/c1-13(2,3)6-8-14-10-5-7-15-11(9-10)12(16)17-4/h5,7,9H,6,8H2,1-4H3,(H,14,15). The lowest BCUT2D eigenvalue weighted by Crippen LogP contribution is -2.13. The maximum atomic E-state index is 11.3. The van der Waals surface area contributed by atoms with E-state index in [1.807, 2.05) is 6.07 Å². The summed E-state index contributed by atoms with van der Waals surface area (Å²) >= 11 is 0. The van der Waals surface area contributed by atoms with Crippen LogP contribution in [0.25, 0.3) is 0 Å². The number of pyridine rings is 1. The van der Waals surface area contributed by atoms with Gasteiger partial charge in [0, 0.05) is 18.4 Å². The Labute approximate surface area is 102 Å². The molecule has 0 aliphatic rings. The normalized spacial score (nSPS) is 11.1. The molecule has 0 radical (unpaired) electrons. The quantitative estimate of drug-likeness (QED) is 0.817. The predicted octanol–water partition coefficient (Wildman–Crippen LogP) is 2.72. The van der Waals surface area contributed by atoms with Gasteiger partial charge in [-0.25, -0.2) is 9.78 Å². The lowest BCUT2D eigenvalue weighted by molar-refractivity contribution is 0.0594. The van der Waals surface area contributed by atoms with Gasteiger partial charge in [-0.05, 0) is 24.0 Å². The number of aromatic nitrogens is 1. The van der Waals surface area contributed by atoms with Crippen molar-refractivity contribution in [3.05, 3.63) is 24.0 Å². The van der Waals surface area contributed by atoms with E-state index in [9.17, 15) is 4.79 Å². The maximum absolute atomic E-state index is 11.3. The second-order valence-corrected chi connectivity index (χ2v) is 5.16. The number of nitrogens with one attached hydrogen (secondary N) is 1. The minimum Gasteiger partial charge on any atom is -0.464 e. The van der Waals surface area contributed by atoms with Crippen molar-refractivity contribution in [2.45, 2.75) is 27.2 Å². The van der Waals surface area contributed by atoms with Crippen molar-refractivity contribution in [2.75, 3.05) is 19.0 Å². The van der Waals surface area contributed by atoms with Crippen LogP contribution in [0.15, 0.2) is 18.3 Å². The van der Waals surface area contributed by atoms with Gasteiger partial charge in [0.1, 0.15) is 5.69 Å². The van der Waals surface area contributed by atoms with Gasteiger partial charge >= 0.3 is 5.97 Å². The second-order valence-electron chi connectivity index (χ2n) is 5.16. The van der Waals surface area contributed by atoms with E-state index in [-0.39, 0.29) is 0 Å². The van der Waals surface area contributed by atoms with Crippen molar-refractivity contribution < 1.29 is 9.53 Å². The zero-order chi connectivity index (χ0) is 12.9. The Morgan fingerprint density at radius 3 is 2.76 bits per heavy atom. The third kappa shape index (κ3) is 4.85. The van der Waals surface area contributed by atoms with Crippen LogP contribution in [0.3, 0.4) is 0 Å². The summed E-state index contributed by atoms with van der Waals surface area (Å²) in [6, 6.07) is 3.55. The van der Waals surface area contributed by atoms with Crippen molar-refractivity contribution in [1.82, 2.24) is 4.98 Å². The van der Waals surface area contributed by atoms with Crippen LogP contribution in [0, 0.1) is 5.41 Å². The van der Waals surface area contributed by atoms with Crippen molar-refractivity contribution in [3.63, 3.8) is 0 Å². The van der Waals surface area contributed by atoms with Gasteiger partial charge in [0.05, 0.1) is 7.11 Å². The molecule has 0 aliphatic heterocycles. The molecule has 17 heavy (non-hydrogen) atoms. The highest BCUT2D eigenvalue weighted by Gasteiger charge is 2.10. The van der Waals surface area contributed by atoms with Crippen molar-refractivity contribution in [2.24, 2.45) is 5.41 Å². The van der Waals surface area contributed by atoms with E-state index in [0.29, 0.717) is 11.1 Å². The highest BCUT2D eigenvalue weighted by molar-refractivity contribution is 5.88. The summed E-state index contributed by atoms with van der Waals surface area (Å²) in [6.45, 7) is 7.46. The van der Waals surface area contributed by atoms with Gasteiger partial charge in [-0.15, -0.1) is 0 Å². The van der Waals surface area contributed by atoms with Crippen LogP contribution in [0.5, 0.6) is 0 Å². The first-order chi connectivity index (χ1) is 7.92. The average molecular weight is 236 g/mol. The number of anilines is 1. The van der Waals surface area contributed by atoms with Crippen LogP contribution in [-0.2, 0) is 4.74 Å². The minimum atomic E-state index is -0.413. The monoisotopic (exact) mass is 236 g/mol. The van der Waals surface area contributed by atoms with Gasteiger partial charge < -0.3 is 10.1 Å². The first-order valence-corrected chi connectivity index (χ1v) is 5.70. The van der Waals surface area contributed by atoms with Crippen molar-refractivity contribution in [1.29, 1.82) is 0 Å². The number of methoxy groups -OCH3 is 1. The molecule has 0 bridgehead atoms. The molecule has 4 nitrogen and oxygen atoms in total. The second kappa shape index (κ2) is 5.66. The van der Waals surface area contributed by atoms with Gasteiger partial charge in [-0.1, -0.05) is 20.8 Å². The fraction of sp³-hybridized carbons (Fsp3) is 0.538. The van der Waals surface area contributed by atoms with E-state index in [0.717, 1.165) is 18.7 Å². The van der Waals surface area contributed by atoms with E-state index in [4.69, 9.17) is 0 Å². The Balaban J connectivity index is 2.57. The summed E-state index contributed by atoms with van der Waals surface area (Å²) in [4.78, 5) is 15.2. The molecule has 0 unspecified atom stereocenters.